The maximum Gasteiger partial charge on any atom is 0.410 e. The molecule has 1 aromatic heterocycles. The Morgan fingerprint density at radius 1 is 1.07 bits per heavy atom. The first kappa shape index (κ1) is 20.3. The van der Waals surface area contributed by atoms with Crippen LogP contribution in [0.15, 0.2) is 24.4 Å². The molecule has 2 saturated heterocycles. The van der Waals surface area contributed by atoms with Gasteiger partial charge in [-0.3, -0.25) is 4.79 Å². The minimum absolute atomic E-state index is 0.317. The Balaban J connectivity index is 1.89. The zero-order chi connectivity index (χ0) is 20.6. The highest BCUT2D eigenvalue weighted by molar-refractivity contribution is 7.71. The molecule has 1 amide bonds. The maximum atomic E-state index is 13.0. The summed E-state index contributed by atoms with van der Waals surface area (Å²) in [5.74, 6) is -2.82. The van der Waals surface area contributed by atoms with Crippen LogP contribution >= 0.6 is 12.2 Å². The van der Waals surface area contributed by atoms with E-state index in [1.54, 1.807) is 39.0 Å². The number of esters is 1. The van der Waals surface area contributed by atoms with Gasteiger partial charge < -0.3 is 19.2 Å². The molecular weight excluding hydrogens is 384 g/mol. The molecule has 1 aromatic rings. The number of amides is 1. The molecule has 8 nitrogen and oxygen atoms in total. The van der Waals surface area contributed by atoms with Crippen LogP contribution < -0.4 is 4.84 Å². The largest absolute Gasteiger partial charge is 0.469 e. The Bertz CT molecular complexity index is 845. The first-order valence-corrected chi connectivity index (χ1v) is 9.54. The average Bonchev–Trinajstić information content (AvgIpc) is 3.17. The van der Waals surface area contributed by atoms with Crippen molar-refractivity contribution in [3.63, 3.8) is 0 Å². The number of aromatic nitrogens is 1. The van der Waals surface area contributed by atoms with Gasteiger partial charge in [0.05, 0.1) is 18.9 Å². The number of carbonyl (C=O) groups excluding carboxylic acids is 3. The monoisotopic (exact) mass is 408 g/mol. The van der Waals surface area contributed by atoms with Gasteiger partial charge in [0.25, 0.3) is 0 Å². The molecule has 0 aliphatic carbocycles. The lowest BCUT2D eigenvalue weighted by molar-refractivity contribution is -0.160. The topological polar surface area (TPSA) is 87.1 Å². The Kier molecular flexibility index (Phi) is 5.47. The number of carbonyl (C=O) groups is 3. The molecule has 2 aliphatic rings. The minimum Gasteiger partial charge on any atom is -0.469 e. The van der Waals surface area contributed by atoms with E-state index in [0.29, 0.717) is 17.5 Å². The van der Waals surface area contributed by atoms with E-state index in [-0.39, 0.29) is 0 Å². The van der Waals surface area contributed by atoms with Gasteiger partial charge in [0, 0.05) is 18.3 Å². The van der Waals surface area contributed by atoms with Crippen LogP contribution in [0.5, 0.6) is 0 Å². The lowest BCUT2D eigenvalue weighted by Crippen LogP contribution is -2.43. The Hall–Kier alpha value is -2.42. The molecular formula is C19H24N2O6S. The van der Waals surface area contributed by atoms with Crippen molar-refractivity contribution in [1.29, 1.82) is 0 Å². The number of methoxy groups -OCH3 is 1. The van der Waals surface area contributed by atoms with Gasteiger partial charge in [-0.15, -0.1) is 0 Å². The number of rotatable bonds is 3. The number of hydrogen-bond acceptors (Lipinski definition) is 7. The van der Waals surface area contributed by atoms with Gasteiger partial charge in [0.15, 0.2) is 0 Å². The fourth-order valence-corrected chi connectivity index (χ4v) is 4.20. The van der Waals surface area contributed by atoms with E-state index in [9.17, 15) is 14.4 Å². The quantitative estimate of drug-likeness (QED) is 0.560. The van der Waals surface area contributed by atoms with E-state index < -0.39 is 47.6 Å². The van der Waals surface area contributed by atoms with Crippen LogP contribution in [0.4, 0.5) is 4.79 Å². The van der Waals surface area contributed by atoms with Gasteiger partial charge in [-0.05, 0) is 45.7 Å². The van der Waals surface area contributed by atoms with E-state index in [0.717, 1.165) is 0 Å². The summed E-state index contributed by atoms with van der Waals surface area (Å²) in [6, 6.07) is 4.07. The first-order chi connectivity index (χ1) is 13.1. The van der Waals surface area contributed by atoms with Crippen molar-refractivity contribution >= 4 is 30.2 Å². The second kappa shape index (κ2) is 7.54. The van der Waals surface area contributed by atoms with Crippen molar-refractivity contribution in [2.24, 2.45) is 11.8 Å². The van der Waals surface area contributed by atoms with Crippen LogP contribution in [-0.2, 0) is 19.1 Å². The summed E-state index contributed by atoms with van der Waals surface area (Å²) < 4.78 is 11.9. The second-order valence-electron chi connectivity index (χ2n) is 7.95. The lowest BCUT2D eigenvalue weighted by atomic mass is 9.79. The molecule has 2 bridgehead atoms. The molecule has 9 heteroatoms. The van der Waals surface area contributed by atoms with Gasteiger partial charge in [-0.25, -0.2) is 9.59 Å². The molecule has 0 saturated carbocycles. The molecule has 3 heterocycles. The van der Waals surface area contributed by atoms with Crippen LogP contribution in [-0.4, -0.2) is 52.5 Å². The van der Waals surface area contributed by atoms with E-state index >= 15 is 0 Å². The van der Waals surface area contributed by atoms with E-state index in [4.69, 9.17) is 26.5 Å². The van der Waals surface area contributed by atoms with E-state index in [1.807, 2.05) is 0 Å². The third-order valence-corrected chi connectivity index (χ3v) is 5.33. The smallest absolute Gasteiger partial charge is 0.410 e. The van der Waals surface area contributed by atoms with Gasteiger partial charge in [-0.2, -0.15) is 4.73 Å². The van der Waals surface area contributed by atoms with Gasteiger partial charge >= 0.3 is 18.0 Å². The summed E-state index contributed by atoms with van der Waals surface area (Å²) in [5.41, 5.74) is -0.688. The van der Waals surface area contributed by atoms with Crippen molar-refractivity contribution in [3.05, 3.63) is 29.0 Å². The second-order valence-corrected chi connectivity index (χ2v) is 8.37. The summed E-state index contributed by atoms with van der Waals surface area (Å²) in [5, 5.41) is 0. The molecule has 152 valence electrons. The molecule has 3 rings (SSSR count). The molecule has 0 aromatic carbocycles. The molecule has 2 aliphatic heterocycles. The highest BCUT2D eigenvalue weighted by atomic mass is 32.1. The summed E-state index contributed by atoms with van der Waals surface area (Å²) in [4.78, 5) is 45.1. The van der Waals surface area contributed by atoms with Crippen molar-refractivity contribution in [3.8, 4) is 0 Å². The summed E-state index contributed by atoms with van der Waals surface area (Å²) in [7, 11) is 1.27. The fourth-order valence-electron chi connectivity index (χ4n) is 4.02. The van der Waals surface area contributed by atoms with Gasteiger partial charge in [-0.1, -0.05) is 18.3 Å². The van der Waals surface area contributed by atoms with Crippen LogP contribution in [0, 0.1) is 16.5 Å². The number of pyridine rings is 1. The van der Waals surface area contributed by atoms with Crippen molar-refractivity contribution in [2.75, 3.05) is 7.11 Å². The number of nitrogens with zero attached hydrogens (tertiary/aromatic N) is 2. The highest BCUT2D eigenvalue weighted by Crippen LogP contribution is 2.47. The van der Waals surface area contributed by atoms with Crippen molar-refractivity contribution < 1.29 is 28.7 Å². The maximum absolute atomic E-state index is 13.0. The zero-order valence-electron chi connectivity index (χ0n) is 16.3. The van der Waals surface area contributed by atoms with Crippen LogP contribution in [0.25, 0.3) is 0 Å². The van der Waals surface area contributed by atoms with Crippen LogP contribution in [0.1, 0.15) is 33.6 Å². The van der Waals surface area contributed by atoms with Crippen molar-refractivity contribution in [1.82, 2.24) is 9.63 Å². The predicted octanol–water partition coefficient (Wildman–Crippen LogP) is 2.36. The van der Waals surface area contributed by atoms with Crippen LogP contribution in [0.2, 0.25) is 0 Å². The Morgan fingerprint density at radius 3 is 2.21 bits per heavy atom. The standard InChI is InChI=1S/C19H24N2O6S/c1-19(2,3)26-18(24)21-11-8-9-12(21)15(14(11)16(22)25-4)17(23)27-20-10-6-5-7-13(20)28/h5-7,10-12,14-15H,8-9H2,1-4H3/t11-,12+,14+,15+/m1/s1. The minimum atomic E-state index is -0.846. The average molecular weight is 408 g/mol. The van der Waals surface area contributed by atoms with E-state index in [1.165, 1.54) is 22.9 Å². The molecule has 0 radical (unpaired) electrons. The van der Waals surface area contributed by atoms with Gasteiger partial charge in [0.2, 0.25) is 0 Å². The summed E-state index contributed by atoms with van der Waals surface area (Å²) >= 11 is 5.15. The number of fused-ring (bicyclic) bond motifs is 2. The highest BCUT2D eigenvalue weighted by Gasteiger charge is 2.62. The molecule has 0 spiro atoms. The van der Waals surface area contributed by atoms with Crippen molar-refractivity contribution in [2.45, 2.75) is 51.3 Å². The summed E-state index contributed by atoms with van der Waals surface area (Å²) in [6.07, 6.45) is 2.16. The molecule has 0 N–H and O–H groups in total. The Morgan fingerprint density at radius 2 is 1.68 bits per heavy atom. The van der Waals surface area contributed by atoms with E-state index in [2.05, 4.69) is 0 Å². The molecule has 2 fully saturated rings. The Labute approximate surface area is 168 Å². The predicted molar refractivity (Wildman–Crippen MR) is 101 cm³/mol. The lowest BCUT2D eigenvalue weighted by Gasteiger charge is -2.27. The molecule has 0 unspecified atom stereocenters. The SMILES string of the molecule is COC(=O)[C@@H]1[C@@H](C(=O)On2ccccc2=S)[C@@H]2CC[C@H]1N2C(=O)OC(C)(C)C. The third kappa shape index (κ3) is 3.76. The fraction of sp³-hybridized carbons (Fsp3) is 0.579. The zero-order valence-corrected chi connectivity index (χ0v) is 17.1. The number of hydrogen-bond donors (Lipinski definition) is 0. The molecule has 28 heavy (non-hydrogen) atoms. The third-order valence-electron chi connectivity index (χ3n) is 5.02. The summed E-state index contributed by atoms with van der Waals surface area (Å²) in [6.45, 7) is 5.30. The number of ether oxygens (including phenoxy) is 2. The first-order valence-electron chi connectivity index (χ1n) is 9.13. The normalized spacial score (nSPS) is 26.1. The molecule has 4 atom stereocenters. The van der Waals surface area contributed by atoms with Crippen LogP contribution in [0.3, 0.4) is 0 Å². The van der Waals surface area contributed by atoms with Gasteiger partial charge in [0.1, 0.15) is 10.2 Å².